The third kappa shape index (κ3) is 22.1. The Hall–Kier alpha value is -12.3. The van der Waals surface area contributed by atoms with Gasteiger partial charge < -0.3 is 45.1 Å². The first-order valence-electron chi connectivity index (χ1n) is 43.6. The van der Waals surface area contributed by atoms with Crippen molar-refractivity contribution in [3.63, 3.8) is 0 Å². The van der Waals surface area contributed by atoms with Crippen molar-refractivity contribution in [1.29, 1.82) is 0 Å². The van der Waals surface area contributed by atoms with Crippen molar-refractivity contribution >= 4 is 51.5 Å². The largest absolute Gasteiger partial charge is 0.573 e. The Morgan fingerprint density at radius 2 is 0.636 bits per heavy atom. The molecule has 24 rings (SSSR count). The van der Waals surface area contributed by atoms with Gasteiger partial charge in [0.15, 0.2) is 8.46 Å². The Balaban J connectivity index is 0.000000143. The van der Waals surface area contributed by atoms with Crippen molar-refractivity contribution in [2.45, 2.75) is 96.3 Å². The maximum absolute atomic E-state index is 14.4. The van der Waals surface area contributed by atoms with Crippen molar-refractivity contribution in [2.75, 3.05) is 0 Å². The Labute approximate surface area is 877 Å². The van der Waals surface area contributed by atoms with Gasteiger partial charge in [0.1, 0.15) is 5.69 Å². The Kier molecular flexibility index (Phi) is 35.0. The number of halogens is 7. The maximum atomic E-state index is 14.4. The van der Waals surface area contributed by atoms with Crippen LogP contribution < -0.4 is 5.10 Å². The fourth-order valence-electron chi connectivity index (χ4n) is 18.1. The summed E-state index contributed by atoms with van der Waals surface area (Å²) in [6.07, 6.45) is 6.39. The van der Waals surface area contributed by atoms with Gasteiger partial charge in [-0.15, -0.1) is 203 Å². The number of alkyl halides is 3. The van der Waals surface area contributed by atoms with Crippen LogP contribution in [0.15, 0.2) is 334 Å². The first-order valence-corrected chi connectivity index (χ1v) is 44.6. The van der Waals surface area contributed by atoms with Gasteiger partial charge in [0, 0.05) is 178 Å². The summed E-state index contributed by atoms with van der Waals surface area (Å²) in [5.41, 5.74) is 19.5. The fraction of sp³-hybridized carbons (Fsp3) is 0.129. The zero-order chi connectivity index (χ0) is 94.3. The Morgan fingerprint density at radius 3 is 0.943 bits per heavy atom. The maximum Gasteiger partial charge on any atom is 0.431 e. The van der Waals surface area contributed by atoms with Gasteiger partial charge in [-0.3, -0.25) is 9.55 Å². The van der Waals surface area contributed by atoms with Gasteiger partial charge in [-0.05, 0) is 194 Å². The average Bonchev–Trinajstić information content (AvgIpc) is 0.982. The van der Waals surface area contributed by atoms with Crippen LogP contribution >= 0.6 is 8.46 Å². The second-order valence-corrected chi connectivity index (χ2v) is 35.0. The minimum Gasteiger partial charge on any atom is -0.573 e. The van der Waals surface area contributed by atoms with E-state index in [2.05, 4.69) is 196 Å². The molecule has 0 unspecified atom stereocenters. The van der Waals surface area contributed by atoms with Gasteiger partial charge in [0.25, 0.3) is 0 Å². The minimum atomic E-state index is -4.46. The predicted octanol–water partition coefficient (Wildman–Crippen LogP) is 28.8. The van der Waals surface area contributed by atoms with E-state index in [1.165, 1.54) is 30.5 Å². The summed E-state index contributed by atoms with van der Waals surface area (Å²) in [6, 6.07) is 114. The normalized spacial score (nSPS) is 12.8. The molecule has 0 N–H and O–H groups in total. The SMILES string of the molecule is CC1(C)c2c([c-]ccc2F)-c2nccc3cccc1c23.CC1(C)c2c([c-]ccc2F)-c2nccc3cccc1c23.CC1(C)c2c([c-]ccc2F)-c2nccc3cccc1c23.CC1(C)c2c([c-]ccc2F)-c2nccc3cccc1c23.Cc1cccc(-c2[c-]cccc2)n1.FC(F)(F)c1cc(-c2ccccn2)[n-]n1.O=PCc1cccc(-c2[c-]cccc2)n1.[Ir].[Ir].[Ir].[Ir].[Ir].[c-]1ccccc1-c1ccccn1. The molecule has 0 saturated carbocycles. The molecule has 0 fully saturated rings. The molecule has 140 heavy (non-hydrogen) atoms. The van der Waals surface area contributed by atoms with Crippen molar-refractivity contribution in [3.8, 4) is 90.2 Å². The molecular weight excluding hydrogens is 2670 g/mol. The Bertz CT molecular complexity index is 7130. The van der Waals surface area contributed by atoms with Gasteiger partial charge in [-0.1, -0.05) is 199 Å². The summed E-state index contributed by atoms with van der Waals surface area (Å²) in [7, 11) is 0.101. The Morgan fingerprint density at radius 1 is 0.321 bits per heavy atom. The van der Waals surface area contributed by atoms with Gasteiger partial charge in [0.2, 0.25) is 0 Å². The van der Waals surface area contributed by atoms with Crippen LogP contribution in [0.1, 0.15) is 117 Å². The van der Waals surface area contributed by atoms with Crippen molar-refractivity contribution in [2.24, 2.45) is 0 Å². The van der Waals surface area contributed by atoms with E-state index in [9.17, 15) is 35.3 Å². The van der Waals surface area contributed by atoms with Crippen LogP contribution in [-0.4, -0.2) is 45.0 Å². The molecule has 0 amide bonds. The molecule has 5 radical (unpaired) electrons. The summed E-state index contributed by atoms with van der Waals surface area (Å²) in [5, 5.41) is 15.5. The number of aryl methyl sites for hydroxylation is 1. The molecule has 0 aliphatic heterocycles. The van der Waals surface area contributed by atoms with Gasteiger partial charge in [-0.25, -0.2) is 17.6 Å². The number of rotatable bonds is 6. The van der Waals surface area contributed by atoms with Crippen LogP contribution in [0, 0.1) is 72.7 Å². The molecule has 11 aromatic carbocycles. The van der Waals surface area contributed by atoms with E-state index in [0.717, 1.165) is 162 Å². The molecular formula is C116H84F7Ir5N10OP-8. The average molecular weight is 2760 g/mol. The number of hydrogen-bond acceptors (Lipinski definition) is 10. The number of aromatic nitrogens is 10. The molecule has 11 nitrogen and oxygen atoms in total. The van der Waals surface area contributed by atoms with Crippen molar-refractivity contribution in [1.82, 2.24) is 50.1 Å². The van der Waals surface area contributed by atoms with Crippen molar-refractivity contribution < 1.29 is 136 Å². The molecule has 24 heteroatoms. The molecule has 711 valence electrons. The molecule has 9 aromatic heterocycles. The molecule has 9 heterocycles. The van der Waals surface area contributed by atoms with Gasteiger partial charge in [0.05, 0.1) is 6.16 Å². The van der Waals surface area contributed by atoms with Crippen LogP contribution in [0.5, 0.6) is 0 Å². The molecule has 20 aromatic rings. The number of fused-ring (bicyclic) bond motifs is 8. The summed E-state index contributed by atoms with van der Waals surface area (Å²) in [6.45, 7) is 18.5. The minimum absolute atomic E-state index is 0. The summed E-state index contributed by atoms with van der Waals surface area (Å²) >= 11 is 0. The second-order valence-electron chi connectivity index (χ2n) is 34.4. The van der Waals surface area contributed by atoms with E-state index < -0.39 is 11.9 Å². The fourth-order valence-corrected chi connectivity index (χ4v) is 18.4. The number of nitrogens with zero attached hydrogens (tertiary/aromatic N) is 10. The zero-order valence-corrected chi connectivity index (χ0v) is 89.5. The molecule has 0 atom stereocenters. The smallest absolute Gasteiger partial charge is 0.431 e. The van der Waals surface area contributed by atoms with E-state index in [-0.39, 0.29) is 160 Å². The van der Waals surface area contributed by atoms with E-state index in [0.29, 0.717) is 34.1 Å². The van der Waals surface area contributed by atoms with E-state index in [1.807, 2.05) is 183 Å². The summed E-state index contributed by atoms with van der Waals surface area (Å²) in [4.78, 5) is 34.8. The van der Waals surface area contributed by atoms with Crippen LogP contribution in [-0.2, 0) is 139 Å². The quantitative estimate of drug-likeness (QED) is 0.0890. The first-order chi connectivity index (χ1) is 65.2. The second kappa shape index (κ2) is 46.0. The summed E-state index contributed by atoms with van der Waals surface area (Å²) in [5.74, 6) is -0.733. The number of benzene rings is 11. The van der Waals surface area contributed by atoms with E-state index in [4.69, 9.17) is 0 Å². The van der Waals surface area contributed by atoms with Crippen LogP contribution in [0.3, 0.4) is 0 Å². The predicted molar refractivity (Wildman–Crippen MR) is 520 cm³/mol. The molecule has 0 bridgehead atoms. The molecule has 0 spiro atoms. The molecule has 0 saturated heterocycles. The van der Waals surface area contributed by atoms with E-state index >= 15 is 0 Å². The zero-order valence-electron chi connectivity index (χ0n) is 76.6. The third-order valence-corrected chi connectivity index (χ3v) is 24.8. The number of hydrogen-bond donors (Lipinski definition) is 0. The first kappa shape index (κ1) is 107. The van der Waals surface area contributed by atoms with Crippen molar-refractivity contribution in [3.05, 3.63) is 462 Å². The van der Waals surface area contributed by atoms with Gasteiger partial charge >= 0.3 is 6.18 Å². The van der Waals surface area contributed by atoms with Crippen LogP contribution in [0.4, 0.5) is 30.7 Å². The number of pyridine rings is 8. The standard InChI is InChI=1S/4C18H13FN.C12H9NOP.C12H10N.C11H8N.C9H5F3N3.5Ir/c4*1-18(2)13-7-3-5-11-9-10-20-17(15(11)13)12-6-4-8-14(19)16(12)18;14-15-9-11-7-4-8-12(13-11)10-5-2-1-3-6-10;1-10-6-5-9-12(13-10)11-7-3-2-4-8-11;1-2-6-10(7-3-1)11-8-4-5-9-12-11;10-9(11,12)8-5-7(14-15-8)6-3-1-2-4-13-6;;;;;/h4*3-5,7-10H,1-2H3;1-5,7-8H,9H2;2-7,9H,1H3;1-6,8-9H;1-5H;;;;;/q8*-1;;;;;. The van der Waals surface area contributed by atoms with Crippen LogP contribution in [0.2, 0.25) is 0 Å². The summed E-state index contributed by atoms with van der Waals surface area (Å²) < 4.78 is 105. The molecule has 4 aliphatic carbocycles. The van der Waals surface area contributed by atoms with Gasteiger partial charge in [-0.2, -0.15) is 13.2 Å². The monoisotopic (exact) mass is 2760 g/mol. The van der Waals surface area contributed by atoms with E-state index in [1.54, 1.807) is 73.4 Å². The van der Waals surface area contributed by atoms with Crippen LogP contribution in [0.25, 0.3) is 133 Å². The third-order valence-electron chi connectivity index (χ3n) is 24.4. The topological polar surface area (TPSA) is 147 Å². The molecule has 4 aliphatic rings.